The zero-order valence-corrected chi connectivity index (χ0v) is 16.8. The van der Waals surface area contributed by atoms with E-state index in [1.54, 1.807) is 24.0 Å². The molecule has 1 amide bonds. The third-order valence-electron chi connectivity index (χ3n) is 5.16. The SMILES string of the molecule is NC(=O)c1ccc(-n2cccc2Sc2ccccn2)cc1NC1CCC(O)CC1. The average Bonchev–Trinajstić information content (AvgIpc) is 3.18. The summed E-state index contributed by atoms with van der Waals surface area (Å²) in [4.78, 5) is 16.3. The molecular weight excluding hydrogens is 384 g/mol. The minimum atomic E-state index is -0.453. The normalized spacial score (nSPS) is 19.1. The maximum Gasteiger partial charge on any atom is 0.250 e. The Labute approximate surface area is 174 Å². The first-order valence-electron chi connectivity index (χ1n) is 9.75. The number of nitrogens with one attached hydrogen (secondary N) is 1. The molecule has 0 atom stereocenters. The molecule has 2 aromatic heterocycles. The number of anilines is 1. The molecule has 4 rings (SSSR count). The minimum absolute atomic E-state index is 0.221. The number of nitrogens with two attached hydrogens (primary N) is 1. The summed E-state index contributed by atoms with van der Waals surface area (Å²) in [5.74, 6) is -0.453. The molecule has 6 nitrogen and oxygen atoms in total. The lowest BCUT2D eigenvalue weighted by Crippen LogP contribution is -2.29. The first-order valence-corrected chi connectivity index (χ1v) is 10.6. The van der Waals surface area contributed by atoms with Crippen molar-refractivity contribution in [3.05, 3.63) is 66.5 Å². The van der Waals surface area contributed by atoms with Gasteiger partial charge in [0.1, 0.15) is 5.03 Å². The summed E-state index contributed by atoms with van der Waals surface area (Å²) in [5.41, 5.74) is 7.76. The van der Waals surface area contributed by atoms with E-state index in [0.717, 1.165) is 47.1 Å². The first kappa shape index (κ1) is 19.5. The van der Waals surface area contributed by atoms with E-state index >= 15 is 0 Å². The fourth-order valence-corrected chi connectivity index (χ4v) is 4.52. The van der Waals surface area contributed by atoms with Gasteiger partial charge in [-0.3, -0.25) is 4.79 Å². The smallest absolute Gasteiger partial charge is 0.250 e. The summed E-state index contributed by atoms with van der Waals surface area (Å²) >= 11 is 1.58. The topological polar surface area (TPSA) is 93.2 Å². The fraction of sp³-hybridized carbons (Fsp3) is 0.273. The van der Waals surface area contributed by atoms with Crippen molar-refractivity contribution >= 4 is 23.4 Å². The standard InChI is InChI=1S/C22H24N4O2S/c23-22(28)18-11-8-16(14-19(18)25-15-6-9-17(27)10-7-15)26-13-3-5-21(26)29-20-4-1-2-12-24-20/h1-5,8,11-15,17,25,27H,6-7,9-10H2,(H2,23,28). The molecule has 0 spiro atoms. The number of primary amides is 1. The van der Waals surface area contributed by atoms with Crippen LogP contribution in [0.4, 0.5) is 5.69 Å². The van der Waals surface area contributed by atoms with Gasteiger partial charge in [0, 0.05) is 29.8 Å². The molecule has 1 aromatic carbocycles. The number of hydrogen-bond donors (Lipinski definition) is 3. The molecule has 2 heterocycles. The van der Waals surface area contributed by atoms with Crippen LogP contribution in [0.15, 0.2) is 71.0 Å². The van der Waals surface area contributed by atoms with E-state index in [1.807, 2.05) is 48.7 Å². The highest BCUT2D eigenvalue weighted by Gasteiger charge is 2.21. The fourth-order valence-electron chi connectivity index (χ4n) is 3.63. The second-order valence-electron chi connectivity index (χ2n) is 7.23. The van der Waals surface area contributed by atoms with Gasteiger partial charge in [-0.1, -0.05) is 17.8 Å². The second-order valence-corrected chi connectivity index (χ2v) is 8.27. The van der Waals surface area contributed by atoms with E-state index < -0.39 is 5.91 Å². The first-order chi connectivity index (χ1) is 14.1. The van der Waals surface area contributed by atoms with E-state index in [1.165, 1.54) is 0 Å². The maximum atomic E-state index is 11.9. The predicted molar refractivity (Wildman–Crippen MR) is 115 cm³/mol. The van der Waals surface area contributed by atoms with E-state index in [2.05, 4.69) is 14.9 Å². The third kappa shape index (κ3) is 4.63. The number of benzene rings is 1. The number of pyridine rings is 1. The molecule has 1 fully saturated rings. The van der Waals surface area contributed by atoms with Crippen LogP contribution in [-0.2, 0) is 0 Å². The highest BCUT2D eigenvalue weighted by Crippen LogP contribution is 2.31. The van der Waals surface area contributed by atoms with Crippen LogP contribution in [0, 0.1) is 0 Å². The van der Waals surface area contributed by atoms with Crippen molar-refractivity contribution in [2.24, 2.45) is 5.73 Å². The van der Waals surface area contributed by atoms with Crippen LogP contribution in [0.3, 0.4) is 0 Å². The highest BCUT2D eigenvalue weighted by molar-refractivity contribution is 7.99. The van der Waals surface area contributed by atoms with Crippen molar-refractivity contribution in [3.63, 3.8) is 0 Å². The van der Waals surface area contributed by atoms with Crippen LogP contribution < -0.4 is 11.1 Å². The van der Waals surface area contributed by atoms with Gasteiger partial charge < -0.3 is 20.7 Å². The lowest BCUT2D eigenvalue weighted by molar-refractivity contribution is 0.100. The summed E-state index contributed by atoms with van der Waals surface area (Å²) in [6, 6.07) is 15.7. The molecule has 29 heavy (non-hydrogen) atoms. The molecule has 150 valence electrons. The van der Waals surface area contributed by atoms with Crippen LogP contribution in [0.2, 0.25) is 0 Å². The number of carbonyl (C=O) groups excluding carboxylic acids is 1. The number of hydrogen-bond acceptors (Lipinski definition) is 5. The van der Waals surface area contributed by atoms with E-state index in [4.69, 9.17) is 5.73 Å². The number of aliphatic hydroxyl groups is 1. The molecule has 1 aliphatic carbocycles. The Balaban J connectivity index is 1.62. The Morgan fingerprint density at radius 3 is 2.69 bits per heavy atom. The Morgan fingerprint density at radius 1 is 1.14 bits per heavy atom. The third-order valence-corrected chi connectivity index (χ3v) is 6.15. The van der Waals surface area contributed by atoms with Crippen molar-refractivity contribution in [2.75, 3.05) is 5.32 Å². The van der Waals surface area contributed by atoms with E-state index in [9.17, 15) is 9.90 Å². The van der Waals surface area contributed by atoms with Crippen LogP contribution in [-0.4, -0.2) is 32.7 Å². The number of rotatable bonds is 6. The van der Waals surface area contributed by atoms with Gasteiger partial charge in [0.15, 0.2) is 0 Å². The molecular formula is C22H24N4O2S. The van der Waals surface area contributed by atoms with Gasteiger partial charge in [-0.05, 0) is 68.1 Å². The molecule has 0 aliphatic heterocycles. The Morgan fingerprint density at radius 2 is 1.97 bits per heavy atom. The van der Waals surface area contributed by atoms with Crippen LogP contribution >= 0.6 is 11.8 Å². The predicted octanol–water partition coefficient (Wildman–Crippen LogP) is 3.84. The molecule has 1 saturated carbocycles. The summed E-state index contributed by atoms with van der Waals surface area (Å²) in [6.45, 7) is 0. The zero-order valence-electron chi connectivity index (χ0n) is 16.0. The van der Waals surface area contributed by atoms with Crippen molar-refractivity contribution in [1.82, 2.24) is 9.55 Å². The van der Waals surface area contributed by atoms with Gasteiger partial charge >= 0.3 is 0 Å². The van der Waals surface area contributed by atoms with Gasteiger partial charge in [-0.2, -0.15) is 0 Å². The van der Waals surface area contributed by atoms with E-state index in [0.29, 0.717) is 5.56 Å². The molecule has 1 aliphatic rings. The van der Waals surface area contributed by atoms with Gasteiger partial charge in [0.25, 0.3) is 5.91 Å². The van der Waals surface area contributed by atoms with Gasteiger partial charge in [0.2, 0.25) is 0 Å². The lowest BCUT2D eigenvalue weighted by atomic mass is 9.92. The minimum Gasteiger partial charge on any atom is -0.393 e. The molecule has 4 N–H and O–H groups in total. The van der Waals surface area contributed by atoms with Crippen LogP contribution in [0.25, 0.3) is 5.69 Å². The van der Waals surface area contributed by atoms with Crippen molar-refractivity contribution in [2.45, 2.75) is 47.9 Å². The largest absolute Gasteiger partial charge is 0.393 e. The number of carbonyl (C=O) groups is 1. The highest BCUT2D eigenvalue weighted by atomic mass is 32.2. The summed E-state index contributed by atoms with van der Waals surface area (Å²) < 4.78 is 2.07. The zero-order chi connectivity index (χ0) is 20.2. The number of aliphatic hydroxyl groups excluding tert-OH is 1. The Hall–Kier alpha value is -2.77. The van der Waals surface area contributed by atoms with Crippen molar-refractivity contribution in [1.29, 1.82) is 0 Å². The molecule has 0 saturated heterocycles. The quantitative estimate of drug-likeness (QED) is 0.576. The summed E-state index contributed by atoms with van der Waals surface area (Å²) in [5, 5.41) is 15.2. The average molecular weight is 409 g/mol. The lowest BCUT2D eigenvalue weighted by Gasteiger charge is -2.28. The van der Waals surface area contributed by atoms with E-state index in [-0.39, 0.29) is 12.1 Å². The molecule has 7 heteroatoms. The second kappa shape index (κ2) is 8.71. The summed E-state index contributed by atoms with van der Waals surface area (Å²) in [7, 11) is 0. The van der Waals surface area contributed by atoms with Gasteiger partial charge in [-0.25, -0.2) is 4.98 Å². The summed E-state index contributed by atoms with van der Waals surface area (Å²) in [6.07, 6.45) is 6.83. The number of nitrogens with zero attached hydrogens (tertiary/aromatic N) is 2. The van der Waals surface area contributed by atoms with Gasteiger partial charge in [0.05, 0.1) is 16.7 Å². The molecule has 0 radical (unpaired) electrons. The van der Waals surface area contributed by atoms with Crippen molar-refractivity contribution in [3.8, 4) is 5.69 Å². The molecule has 3 aromatic rings. The Bertz CT molecular complexity index is 981. The Kier molecular flexibility index (Phi) is 5.87. The monoisotopic (exact) mass is 408 g/mol. The van der Waals surface area contributed by atoms with Crippen LogP contribution in [0.1, 0.15) is 36.0 Å². The maximum absolute atomic E-state index is 11.9. The molecule has 0 bridgehead atoms. The number of amides is 1. The number of aromatic nitrogens is 2. The van der Waals surface area contributed by atoms with Gasteiger partial charge in [-0.15, -0.1) is 0 Å². The molecule has 0 unspecified atom stereocenters. The van der Waals surface area contributed by atoms with Crippen molar-refractivity contribution < 1.29 is 9.90 Å². The van der Waals surface area contributed by atoms with Crippen LogP contribution in [0.5, 0.6) is 0 Å².